The molecule has 0 aliphatic rings. The molecule has 0 spiro atoms. The fraction of sp³-hybridized carbons (Fsp3) is 0.621. The Labute approximate surface area is 196 Å². The Hall–Kier alpha value is -2.03. The number of unbranched alkanes of at least 4 members (excludes halogenated alkanes) is 15. The van der Waals surface area contributed by atoms with E-state index in [0.717, 1.165) is 23.6 Å². The lowest BCUT2D eigenvalue weighted by atomic mass is 10.0. The van der Waals surface area contributed by atoms with E-state index >= 15 is 0 Å². The molecule has 3 heteroatoms. The highest BCUT2D eigenvalue weighted by Gasteiger charge is 2.14. The second kappa shape index (κ2) is 16.6. The van der Waals surface area contributed by atoms with E-state index in [9.17, 15) is 9.90 Å². The van der Waals surface area contributed by atoms with E-state index < -0.39 is 0 Å². The molecule has 2 N–H and O–H groups in total. The smallest absolute Gasteiger partial charge is 0.255 e. The number of aromatic hydroxyl groups is 1. The fourth-order valence-electron chi connectivity index (χ4n) is 4.46. The van der Waals surface area contributed by atoms with Crippen LogP contribution in [0.15, 0.2) is 36.4 Å². The highest BCUT2D eigenvalue weighted by atomic mass is 16.3. The van der Waals surface area contributed by atoms with E-state index in [2.05, 4.69) is 12.2 Å². The first-order chi connectivity index (χ1) is 15.7. The molecular formula is C29H45NO2. The van der Waals surface area contributed by atoms with E-state index in [0.29, 0.717) is 12.1 Å². The number of hydrogen-bond donors (Lipinski definition) is 2. The number of carbonyl (C=O) groups excluding carboxylic acids is 1. The van der Waals surface area contributed by atoms with Crippen molar-refractivity contribution in [3.05, 3.63) is 42.0 Å². The van der Waals surface area contributed by atoms with Gasteiger partial charge in [-0.2, -0.15) is 0 Å². The highest BCUT2D eigenvalue weighted by molar-refractivity contribution is 6.09. The first-order valence-corrected chi connectivity index (χ1v) is 13.2. The van der Waals surface area contributed by atoms with Gasteiger partial charge in [-0.3, -0.25) is 4.79 Å². The molecule has 0 radical (unpaired) electrons. The van der Waals surface area contributed by atoms with Gasteiger partial charge in [0.05, 0.1) is 5.56 Å². The molecule has 2 aromatic rings. The topological polar surface area (TPSA) is 49.3 Å². The molecule has 0 saturated carbocycles. The van der Waals surface area contributed by atoms with E-state index in [-0.39, 0.29) is 11.7 Å². The van der Waals surface area contributed by atoms with Crippen molar-refractivity contribution in [2.75, 3.05) is 6.54 Å². The number of rotatable bonds is 18. The summed E-state index contributed by atoms with van der Waals surface area (Å²) in [5, 5.41) is 14.9. The van der Waals surface area contributed by atoms with Crippen molar-refractivity contribution in [2.45, 2.75) is 110 Å². The van der Waals surface area contributed by atoms with Crippen LogP contribution in [0, 0.1) is 0 Å². The van der Waals surface area contributed by atoms with Crippen LogP contribution >= 0.6 is 0 Å². The van der Waals surface area contributed by atoms with Gasteiger partial charge in [0.2, 0.25) is 0 Å². The maximum absolute atomic E-state index is 12.6. The summed E-state index contributed by atoms with van der Waals surface area (Å²) < 4.78 is 0. The first kappa shape index (κ1) is 26.2. The van der Waals surface area contributed by atoms with Crippen LogP contribution in [0.4, 0.5) is 0 Å². The van der Waals surface area contributed by atoms with Crippen molar-refractivity contribution in [3.8, 4) is 5.75 Å². The standard InChI is InChI=1S/C29H45NO2/c1-2-3-4-5-6-7-8-9-10-11-12-13-14-15-16-19-24-30-29(32)28-26-21-18-17-20-25(26)22-23-27(28)31/h17-18,20-23,31H,2-16,19,24H2,1H3,(H,30,32). The number of nitrogens with one attached hydrogen (secondary N) is 1. The fourth-order valence-corrected chi connectivity index (χ4v) is 4.46. The average Bonchev–Trinajstić information content (AvgIpc) is 2.80. The Morgan fingerprint density at radius 1 is 0.688 bits per heavy atom. The quantitative estimate of drug-likeness (QED) is 0.229. The Kier molecular flexibility index (Phi) is 13.6. The van der Waals surface area contributed by atoms with Crippen LogP contribution in [0.1, 0.15) is 120 Å². The zero-order valence-electron chi connectivity index (χ0n) is 20.3. The highest BCUT2D eigenvalue weighted by Crippen LogP contribution is 2.26. The number of fused-ring (bicyclic) bond motifs is 1. The molecule has 0 bridgehead atoms. The van der Waals surface area contributed by atoms with Crippen molar-refractivity contribution < 1.29 is 9.90 Å². The minimum absolute atomic E-state index is 0.0492. The van der Waals surface area contributed by atoms with Crippen LogP contribution in [-0.2, 0) is 0 Å². The molecule has 0 atom stereocenters. The molecule has 2 aromatic carbocycles. The van der Waals surface area contributed by atoms with Gasteiger partial charge in [-0.1, -0.05) is 134 Å². The Balaban J connectivity index is 1.43. The van der Waals surface area contributed by atoms with Crippen molar-refractivity contribution in [2.24, 2.45) is 0 Å². The van der Waals surface area contributed by atoms with Crippen molar-refractivity contribution in [1.29, 1.82) is 0 Å². The van der Waals surface area contributed by atoms with E-state index in [1.165, 1.54) is 89.9 Å². The van der Waals surface area contributed by atoms with Crippen LogP contribution < -0.4 is 5.32 Å². The van der Waals surface area contributed by atoms with Gasteiger partial charge in [0.25, 0.3) is 5.91 Å². The van der Waals surface area contributed by atoms with Crippen LogP contribution in [0.3, 0.4) is 0 Å². The minimum atomic E-state index is -0.180. The number of hydrogen-bond acceptors (Lipinski definition) is 2. The molecule has 32 heavy (non-hydrogen) atoms. The molecule has 0 aromatic heterocycles. The van der Waals surface area contributed by atoms with E-state index in [1.54, 1.807) is 6.07 Å². The van der Waals surface area contributed by atoms with Crippen LogP contribution in [-0.4, -0.2) is 17.6 Å². The summed E-state index contributed by atoms with van der Waals surface area (Å²) in [5.41, 5.74) is 0.389. The molecule has 0 saturated heterocycles. The van der Waals surface area contributed by atoms with Gasteiger partial charge in [-0.25, -0.2) is 0 Å². The van der Waals surface area contributed by atoms with Gasteiger partial charge in [0.15, 0.2) is 0 Å². The summed E-state index contributed by atoms with van der Waals surface area (Å²) in [6, 6.07) is 11.1. The average molecular weight is 440 g/mol. The van der Waals surface area contributed by atoms with Gasteiger partial charge >= 0.3 is 0 Å². The Bertz CT molecular complexity index is 771. The lowest BCUT2D eigenvalue weighted by Gasteiger charge is -2.10. The van der Waals surface area contributed by atoms with Crippen molar-refractivity contribution >= 4 is 16.7 Å². The molecular weight excluding hydrogens is 394 g/mol. The van der Waals surface area contributed by atoms with Gasteiger partial charge in [0, 0.05) is 6.54 Å². The van der Waals surface area contributed by atoms with Crippen molar-refractivity contribution in [3.63, 3.8) is 0 Å². The molecule has 0 fully saturated rings. The van der Waals surface area contributed by atoms with Gasteiger partial charge in [-0.05, 0) is 23.3 Å². The summed E-state index contributed by atoms with van der Waals surface area (Å²) in [5.74, 6) is -0.131. The maximum atomic E-state index is 12.6. The van der Waals surface area contributed by atoms with E-state index in [4.69, 9.17) is 0 Å². The number of amides is 1. The lowest BCUT2D eigenvalue weighted by Crippen LogP contribution is -2.24. The molecule has 0 aliphatic heterocycles. The number of carbonyl (C=O) groups is 1. The SMILES string of the molecule is CCCCCCCCCCCCCCCCCCNC(=O)c1c(O)ccc2ccccc12. The third-order valence-electron chi connectivity index (χ3n) is 6.45. The summed E-state index contributed by atoms with van der Waals surface area (Å²) in [4.78, 5) is 12.6. The monoisotopic (exact) mass is 439 g/mol. The van der Waals surface area contributed by atoms with Gasteiger partial charge < -0.3 is 10.4 Å². The third kappa shape index (κ3) is 10.1. The van der Waals surface area contributed by atoms with Crippen molar-refractivity contribution in [1.82, 2.24) is 5.32 Å². The van der Waals surface area contributed by atoms with Crippen LogP contribution in [0.5, 0.6) is 5.75 Å². The minimum Gasteiger partial charge on any atom is -0.507 e. The number of benzene rings is 2. The Morgan fingerprint density at radius 2 is 1.19 bits per heavy atom. The summed E-state index contributed by atoms with van der Waals surface area (Å²) in [6.07, 6.45) is 21.5. The molecule has 3 nitrogen and oxygen atoms in total. The first-order valence-electron chi connectivity index (χ1n) is 13.2. The summed E-state index contributed by atoms with van der Waals surface area (Å²) >= 11 is 0. The second-order valence-electron chi connectivity index (χ2n) is 9.24. The lowest BCUT2D eigenvalue weighted by molar-refractivity contribution is 0.0952. The molecule has 178 valence electrons. The molecule has 0 aliphatic carbocycles. The predicted octanol–water partition coefficient (Wildman–Crippen LogP) is 8.54. The van der Waals surface area contributed by atoms with E-state index in [1.807, 2.05) is 30.3 Å². The molecule has 0 unspecified atom stereocenters. The largest absolute Gasteiger partial charge is 0.507 e. The van der Waals surface area contributed by atoms with Crippen LogP contribution in [0.25, 0.3) is 10.8 Å². The van der Waals surface area contributed by atoms with Crippen LogP contribution in [0.2, 0.25) is 0 Å². The van der Waals surface area contributed by atoms with Gasteiger partial charge in [-0.15, -0.1) is 0 Å². The maximum Gasteiger partial charge on any atom is 0.255 e. The molecule has 0 heterocycles. The molecule has 1 amide bonds. The third-order valence-corrected chi connectivity index (χ3v) is 6.45. The Morgan fingerprint density at radius 3 is 1.75 bits per heavy atom. The number of phenols is 1. The summed E-state index contributed by atoms with van der Waals surface area (Å²) in [6.45, 7) is 2.95. The zero-order valence-corrected chi connectivity index (χ0v) is 20.3. The number of phenolic OH excluding ortho intramolecular Hbond substituents is 1. The predicted molar refractivity (Wildman–Crippen MR) is 137 cm³/mol. The zero-order chi connectivity index (χ0) is 22.9. The summed E-state index contributed by atoms with van der Waals surface area (Å²) in [7, 11) is 0. The second-order valence-corrected chi connectivity index (χ2v) is 9.24. The van der Waals surface area contributed by atoms with Gasteiger partial charge in [0.1, 0.15) is 5.75 Å². The normalized spacial score (nSPS) is 11.2. The molecule has 2 rings (SSSR count).